The van der Waals surface area contributed by atoms with Crippen LogP contribution in [-0.4, -0.2) is 23.6 Å². The predicted octanol–water partition coefficient (Wildman–Crippen LogP) is 5.81. The number of fused-ring (bicyclic) bond motifs is 1. The SMILES string of the molecule is O=C(CC(F)(F)F)NCC1CC(c2c(-c3ccc(F)cc3)[nH]c3c(F)cc(F)cc23)C1. The van der Waals surface area contributed by atoms with Crippen LogP contribution in [0, 0.1) is 23.4 Å². The number of amides is 1. The third kappa shape index (κ3) is 4.55. The molecule has 1 heterocycles. The van der Waals surface area contributed by atoms with E-state index in [1.807, 2.05) is 0 Å². The Kier molecular flexibility index (Phi) is 5.45. The van der Waals surface area contributed by atoms with Crippen LogP contribution in [0.4, 0.5) is 26.3 Å². The van der Waals surface area contributed by atoms with Gasteiger partial charge in [-0.2, -0.15) is 13.2 Å². The lowest BCUT2D eigenvalue weighted by Crippen LogP contribution is -2.37. The van der Waals surface area contributed by atoms with Crippen LogP contribution >= 0.6 is 0 Å². The highest BCUT2D eigenvalue weighted by atomic mass is 19.4. The molecule has 0 saturated heterocycles. The number of carbonyl (C=O) groups is 1. The van der Waals surface area contributed by atoms with E-state index in [1.165, 1.54) is 30.3 Å². The molecule has 164 valence electrons. The minimum absolute atomic E-state index is 0.0494. The zero-order valence-corrected chi connectivity index (χ0v) is 16.1. The van der Waals surface area contributed by atoms with Crippen LogP contribution in [0.5, 0.6) is 0 Å². The van der Waals surface area contributed by atoms with Crippen molar-refractivity contribution in [2.24, 2.45) is 5.92 Å². The van der Waals surface area contributed by atoms with Gasteiger partial charge in [0.1, 0.15) is 23.9 Å². The third-order valence-electron chi connectivity index (χ3n) is 5.59. The van der Waals surface area contributed by atoms with Crippen LogP contribution in [0.3, 0.4) is 0 Å². The molecule has 0 atom stereocenters. The summed E-state index contributed by atoms with van der Waals surface area (Å²) in [5.41, 5.74) is 1.97. The van der Waals surface area contributed by atoms with Crippen LogP contribution in [0.25, 0.3) is 22.2 Å². The monoisotopic (exact) mass is 440 g/mol. The van der Waals surface area contributed by atoms with Gasteiger partial charge in [-0.25, -0.2) is 13.2 Å². The average Bonchev–Trinajstić information content (AvgIpc) is 2.99. The number of H-pyrrole nitrogens is 1. The van der Waals surface area contributed by atoms with Crippen LogP contribution in [0.2, 0.25) is 0 Å². The molecular formula is C22H18F6N2O. The van der Waals surface area contributed by atoms with Gasteiger partial charge < -0.3 is 10.3 Å². The van der Waals surface area contributed by atoms with E-state index in [9.17, 15) is 31.1 Å². The highest BCUT2D eigenvalue weighted by Crippen LogP contribution is 2.48. The Balaban J connectivity index is 1.57. The van der Waals surface area contributed by atoms with Crippen LogP contribution in [0.1, 0.15) is 30.7 Å². The quantitative estimate of drug-likeness (QED) is 0.483. The second kappa shape index (κ2) is 7.94. The molecule has 0 spiro atoms. The van der Waals surface area contributed by atoms with Gasteiger partial charge in [0.05, 0.1) is 11.2 Å². The number of aromatic nitrogens is 1. The second-order valence-corrected chi connectivity index (χ2v) is 7.86. The van der Waals surface area contributed by atoms with Crippen LogP contribution < -0.4 is 5.32 Å². The number of rotatable bonds is 5. The van der Waals surface area contributed by atoms with Gasteiger partial charge in [0.2, 0.25) is 5.91 Å². The van der Waals surface area contributed by atoms with E-state index in [2.05, 4.69) is 10.3 Å². The molecule has 3 nitrogen and oxygen atoms in total. The molecule has 0 aliphatic heterocycles. The van der Waals surface area contributed by atoms with Crippen molar-refractivity contribution >= 4 is 16.8 Å². The van der Waals surface area contributed by atoms with E-state index in [4.69, 9.17) is 0 Å². The Morgan fingerprint density at radius 1 is 1.03 bits per heavy atom. The molecule has 1 amide bonds. The maximum absolute atomic E-state index is 14.4. The van der Waals surface area contributed by atoms with Crippen molar-refractivity contribution in [3.63, 3.8) is 0 Å². The first-order valence-electron chi connectivity index (χ1n) is 9.70. The Hall–Kier alpha value is -2.97. The molecule has 1 aromatic heterocycles. The number of alkyl halides is 3. The molecule has 2 aromatic carbocycles. The predicted molar refractivity (Wildman–Crippen MR) is 103 cm³/mol. The molecule has 0 bridgehead atoms. The van der Waals surface area contributed by atoms with E-state index < -0.39 is 36.0 Å². The van der Waals surface area contributed by atoms with Gasteiger partial charge in [-0.15, -0.1) is 0 Å². The van der Waals surface area contributed by atoms with Crippen molar-refractivity contribution < 1.29 is 31.1 Å². The van der Waals surface area contributed by atoms with E-state index in [1.54, 1.807) is 0 Å². The first-order valence-corrected chi connectivity index (χ1v) is 9.70. The highest BCUT2D eigenvalue weighted by Gasteiger charge is 2.36. The lowest BCUT2D eigenvalue weighted by molar-refractivity contribution is -0.153. The van der Waals surface area contributed by atoms with Gasteiger partial charge in [-0.05, 0) is 66.1 Å². The lowest BCUT2D eigenvalue weighted by atomic mass is 9.70. The average molecular weight is 440 g/mol. The van der Waals surface area contributed by atoms with Gasteiger partial charge in [0, 0.05) is 18.0 Å². The zero-order valence-electron chi connectivity index (χ0n) is 16.1. The van der Waals surface area contributed by atoms with Crippen molar-refractivity contribution in [1.82, 2.24) is 10.3 Å². The Morgan fingerprint density at radius 2 is 1.71 bits per heavy atom. The first kappa shape index (κ1) is 21.3. The van der Waals surface area contributed by atoms with Crippen LogP contribution in [0.15, 0.2) is 36.4 Å². The number of benzene rings is 2. The lowest BCUT2D eigenvalue weighted by Gasteiger charge is -2.36. The standard InChI is InChI=1S/C22H18F6N2O/c23-14-3-1-12(2-4-14)20-19(16-7-15(24)8-17(25)21(16)30-20)13-5-11(6-13)10-29-18(31)9-22(26,27)28/h1-4,7-8,11,13,30H,5-6,9-10H2,(H,29,31). The number of nitrogens with one attached hydrogen (secondary N) is 2. The fraction of sp³-hybridized carbons (Fsp3) is 0.318. The molecular weight excluding hydrogens is 422 g/mol. The van der Waals surface area contributed by atoms with Crippen molar-refractivity contribution in [2.75, 3.05) is 6.54 Å². The van der Waals surface area contributed by atoms with Crippen molar-refractivity contribution in [3.8, 4) is 11.3 Å². The van der Waals surface area contributed by atoms with E-state index in [-0.39, 0.29) is 23.9 Å². The Bertz CT molecular complexity index is 1110. The molecule has 1 fully saturated rings. The van der Waals surface area contributed by atoms with Crippen LogP contribution in [-0.2, 0) is 4.79 Å². The third-order valence-corrected chi connectivity index (χ3v) is 5.59. The molecule has 3 aromatic rings. The highest BCUT2D eigenvalue weighted by molar-refractivity contribution is 5.92. The Morgan fingerprint density at radius 3 is 2.35 bits per heavy atom. The minimum Gasteiger partial charge on any atom is -0.356 e. The fourth-order valence-corrected chi connectivity index (χ4v) is 4.15. The molecule has 1 aliphatic rings. The van der Waals surface area contributed by atoms with Gasteiger partial charge in [-0.1, -0.05) is 0 Å². The summed E-state index contributed by atoms with van der Waals surface area (Å²) in [6, 6.07) is 7.60. The molecule has 1 saturated carbocycles. The molecule has 2 N–H and O–H groups in total. The molecule has 31 heavy (non-hydrogen) atoms. The second-order valence-electron chi connectivity index (χ2n) is 7.86. The summed E-state index contributed by atoms with van der Waals surface area (Å²) in [6.07, 6.45) is -5.02. The first-order chi connectivity index (χ1) is 14.6. The number of carbonyl (C=O) groups excluding carboxylic acids is 1. The van der Waals surface area contributed by atoms with Crippen molar-refractivity contribution in [3.05, 3.63) is 59.4 Å². The summed E-state index contributed by atoms with van der Waals surface area (Å²) in [4.78, 5) is 14.4. The summed E-state index contributed by atoms with van der Waals surface area (Å²) < 4.78 is 78.4. The largest absolute Gasteiger partial charge is 0.397 e. The maximum atomic E-state index is 14.4. The summed E-state index contributed by atoms with van der Waals surface area (Å²) in [6.45, 7) is 0.0996. The van der Waals surface area contributed by atoms with E-state index in [0.717, 1.165) is 6.07 Å². The summed E-state index contributed by atoms with van der Waals surface area (Å²) in [5.74, 6) is -3.16. The molecule has 1 aliphatic carbocycles. The topological polar surface area (TPSA) is 44.9 Å². The molecule has 0 unspecified atom stereocenters. The fourth-order valence-electron chi connectivity index (χ4n) is 4.15. The smallest absolute Gasteiger partial charge is 0.356 e. The number of aromatic amines is 1. The number of hydrogen-bond acceptors (Lipinski definition) is 1. The normalized spacial score (nSPS) is 18.8. The summed E-state index contributed by atoms with van der Waals surface area (Å²) >= 11 is 0. The van der Waals surface area contributed by atoms with Gasteiger partial charge in [0.25, 0.3) is 0 Å². The van der Waals surface area contributed by atoms with Crippen molar-refractivity contribution in [2.45, 2.75) is 31.4 Å². The van der Waals surface area contributed by atoms with Crippen molar-refractivity contribution in [1.29, 1.82) is 0 Å². The van der Waals surface area contributed by atoms with Gasteiger partial charge >= 0.3 is 6.18 Å². The zero-order chi connectivity index (χ0) is 22.3. The van der Waals surface area contributed by atoms with Gasteiger partial charge in [0.15, 0.2) is 0 Å². The summed E-state index contributed by atoms with van der Waals surface area (Å²) in [5, 5.41) is 2.66. The molecule has 9 heteroatoms. The van der Waals surface area contributed by atoms with E-state index >= 15 is 0 Å². The minimum atomic E-state index is -4.56. The maximum Gasteiger partial charge on any atom is 0.397 e. The molecule has 4 rings (SSSR count). The summed E-state index contributed by atoms with van der Waals surface area (Å²) in [7, 11) is 0. The number of hydrogen-bond donors (Lipinski definition) is 2. The van der Waals surface area contributed by atoms with Gasteiger partial charge in [-0.3, -0.25) is 4.79 Å². The Labute approximate surface area is 173 Å². The number of halogens is 6. The van der Waals surface area contributed by atoms with E-state index in [0.29, 0.717) is 35.0 Å². The molecule has 0 radical (unpaired) electrons.